The van der Waals surface area contributed by atoms with Crippen molar-refractivity contribution < 1.29 is 0 Å². The first-order chi connectivity index (χ1) is 7.68. The summed E-state index contributed by atoms with van der Waals surface area (Å²) in [5.41, 5.74) is 7.82. The highest BCUT2D eigenvalue weighted by Crippen LogP contribution is 2.26. The van der Waals surface area contributed by atoms with Crippen molar-refractivity contribution in [3.63, 3.8) is 0 Å². The standard InChI is InChI=1S/C13H21N3/c1-10-9-15-13(8-12(10)14)16(2)11-6-4-3-5-7-11/h8-9,11H,3-7H2,1-2H3,(H2,14,15). The van der Waals surface area contributed by atoms with Gasteiger partial charge in [0.1, 0.15) is 5.82 Å². The van der Waals surface area contributed by atoms with Gasteiger partial charge in [-0.3, -0.25) is 0 Å². The number of aryl methyl sites for hydroxylation is 1. The summed E-state index contributed by atoms with van der Waals surface area (Å²) in [5.74, 6) is 1.01. The Kier molecular flexibility index (Phi) is 3.32. The van der Waals surface area contributed by atoms with Crippen molar-refractivity contribution in [3.8, 4) is 0 Å². The Bertz CT molecular complexity index is 356. The number of aromatic nitrogens is 1. The van der Waals surface area contributed by atoms with Gasteiger partial charge in [0.25, 0.3) is 0 Å². The molecule has 0 amide bonds. The summed E-state index contributed by atoms with van der Waals surface area (Å²) in [6.45, 7) is 1.99. The van der Waals surface area contributed by atoms with E-state index in [1.54, 1.807) is 0 Å². The lowest BCUT2D eigenvalue weighted by atomic mass is 9.94. The second kappa shape index (κ2) is 4.73. The second-order valence-electron chi connectivity index (χ2n) is 4.80. The molecule has 3 heteroatoms. The maximum atomic E-state index is 5.92. The lowest BCUT2D eigenvalue weighted by molar-refractivity contribution is 0.426. The van der Waals surface area contributed by atoms with E-state index in [1.807, 2.05) is 19.2 Å². The maximum absolute atomic E-state index is 5.92. The van der Waals surface area contributed by atoms with Gasteiger partial charge in [-0.1, -0.05) is 19.3 Å². The zero-order chi connectivity index (χ0) is 11.5. The van der Waals surface area contributed by atoms with Gasteiger partial charge < -0.3 is 10.6 Å². The molecular formula is C13H21N3. The monoisotopic (exact) mass is 219 g/mol. The molecule has 0 aromatic carbocycles. The Labute approximate surface area is 97.7 Å². The lowest BCUT2D eigenvalue weighted by Crippen LogP contribution is -2.33. The van der Waals surface area contributed by atoms with Crippen LogP contribution in [0.15, 0.2) is 12.3 Å². The van der Waals surface area contributed by atoms with Gasteiger partial charge in [-0.15, -0.1) is 0 Å². The summed E-state index contributed by atoms with van der Waals surface area (Å²) in [7, 11) is 2.13. The van der Waals surface area contributed by atoms with Gasteiger partial charge in [0.15, 0.2) is 0 Å². The summed E-state index contributed by atoms with van der Waals surface area (Å²) in [6, 6.07) is 2.63. The molecule has 0 unspecified atom stereocenters. The Balaban J connectivity index is 2.12. The van der Waals surface area contributed by atoms with E-state index < -0.39 is 0 Å². The van der Waals surface area contributed by atoms with Crippen LogP contribution in [-0.2, 0) is 0 Å². The Morgan fingerprint density at radius 1 is 1.31 bits per heavy atom. The van der Waals surface area contributed by atoms with Crippen molar-refractivity contribution in [2.24, 2.45) is 0 Å². The third-order valence-electron chi connectivity index (χ3n) is 3.61. The molecule has 1 aromatic rings. The number of rotatable bonds is 2. The molecule has 3 nitrogen and oxygen atoms in total. The van der Waals surface area contributed by atoms with Gasteiger partial charge in [-0.05, 0) is 25.3 Å². The molecule has 1 aromatic heterocycles. The molecule has 0 aliphatic heterocycles. The summed E-state index contributed by atoms with van der Waals surface area (Å²) in [4.78, 5) is 6.75. The zero-order valence-electron chi connectivity index (χ0n) is 10.2. The Hall–Kier alpha value is -1.25. The minimum absolute atomic E-state index is 0.642. The molecule has 2 rings (SSSR count). The van der Waals surface area contributed by atoms with Crippen LogP contribution in [-0.4, -0.2) is 18.1 Å². The van der Waals surface area contributed by atoms with Crippen molar-refractivity contribution in [1.82, 2.24) is 4.98 Å². The molecule has 0 atom stereocenters. The first kappa shape index (κ1) is 11.2. The van der Waals surface area contributed by atoms with E-state index in [4.69, 9.17) is 5.73 Å². The zero-order valence-corrected chi connectivity index (χ0v) is 10.2. The quantitative estimate of drug-likeness (QED) is 0.831. The van der Waals surface area contributed by atoms with E-state index in [2.05, 4.69) is 16.9 Å². The molecule has 16 heavy (non-hydrogen) atoms. The van der Waals surface area contributed by atoms with Gasteiger partial charge in [-0.25, -0.2) is 4.98 Å². The molecule has 0 spiro atoms. The van der Waals surface area contributed by atoms with E-state index in [0.29, 0.717) is 6.04 Å². The number of nitrogens with zero attached hydrogens (tertiary/aromatic N) is 2. The molecule has 1 saturated carbocycles. The predicted molar refractivity (Wildman–Crippen MR) is 68.7 cm³/mol. The van der Waals surface area contributed by atoms with Crippen LogP contribution in [0.25, 0.3) is 0 Å². The number of anilines is 2. The molecule has 1 fully saturated rings. The lowest BCUT2D eigenvalue weighted by Gasteiger charge is -2.32. The van der Waals surface area contributed by atoms with Gasteiger partial charge in [0.05, 0.1) is 0 Å². The van der Waals surface area contributed by atoms with Crippen molar-refractivity contribution in [2.75, 3.05) is 17.7 Å². The molecule has 2 N–H and O–H groups in total. The highest BCUT2D eigenvalue weighted by atomic mass is 15.2. The van der Waals surface area contributed by atoms with Crippen LogP contribution in [0.1, 0.15) is 37.7 Å². The molecule has 1 heterocycles. The SMILES string of the molecule is Cc1cnc(N(C)C2CCCCC2)cc1N. The highest BCUT2D eigenvalue weighted by Gasteiger charge is 2.19. The summed E-state index contributed by atoms with van der Waals surface area (Å²) in [5, 5.41) is 0. The first-order valence-corrected chi connectivity index (χ1v) is 6.13. The summed E-state index contributed by atoms with van der Waals surface area (Å²) in [6.07, 6.45) is 8.50. The van der Waals surface area contributed by atoms with E-state index in [0.717, 1.165) is 17.1 Å². The van der Waals surface area contributed by atoms with Crippen LogP contribution in [0.4, 0.5) is 11.5 Å². The van der Waals surface area contributed by atoms with Crippen LogP contribution in [0, 0.1) is 6.92 Å². The van der Waals surface area contributed by atoms with Crippen LogP contribution in [0.2, 0.25) is 0 Å². The molecule has 0 radical (unpaired) electrons. The van der Waals surface area contributed by atoms with Crippen LogP contribution in [0.3, 0.4) is 0 Å². The van der Waals surface area contributed by atoms with E-state index in [9.17, 15) is 0 Å². The molecule has 1 aliphatic carbocycles. The molecule has 88 valence electrons. The first-order valence-electron chi connectivity index (χ1n) is 6.13. The number of hydrogen-bond acceptors (Lipinski definition) is 3. The topological polar surface area (TPSA) is 42.2 Å². The van der Waals surface area contributed by atoms with Crippen molar-refractivity contribution in [1.29, 1.82) is 0 Å². The van der Waals surface area contributed by atoms with Crippen LogP contribution in [0.5, 0.6) is 0 Å². The summed E-state index contributed by atoms with van der Waals surface area (Å²) < 4.78 is 0. The molecule has 0 bridgehead atoms. The predicted octanol–water partition coefficient (Wildman–Crippen LogP) is 2.74. The third kappa shape index (κ3) is 2.29. The molecule has 1 aliphatic rings. The smallest absolute Gasteiger partial charge is 0.130 e. The minimum Gasteiger partial charge on any atom is -0.398 e. The van der Waals surface area contributed by atoms with E-state index in [-0.39, 0.29) is 0 Å². The van der Waals surface area contributed by atoms with Gasteiger partial charge in [0, 0.05) is 31.0 Å². The highest BCUT2D eigenvalue weighted by molar-refractivity contribution is 5.54. The third-order valence-corrected chi connectivity index (χ3v) is 3.61. The summed E-state index contributed by atoms with van der Waals surface area (Å²) >= 11 is 0. The fraction of sp³-hybridized carbons (Fsp3) is 0.615. The fourth-order valence-corrected chi connectivity index (χ4v) is 2.38. The van der Waals surface area contributed by atoms with E-state index in [1.165, 1.54) is 32.1 Å². The van der Waals surface area contributed by atoms with E-state index >= 15 is 0 Å². The molecular weight excluding hydrogens is 198 g/mol. The van der Waals surface area contributed by atoms with Crippen molar-refractivity contribution >= 4 is 11.5 Å². The second-order valence-corrected chi connectivity index (χ2v) is 4.80. The number of hydrogen-bond donors (Lipinski definition) is 1. The number of pyridine rings is 1. The van der Waals surface area contributed by atoms with Crippen molar-refractivity contribution in [3.05, 3.63) is 17.8 Å². The number of nitrogen functional groups attached to an aromatic ring is 1. The fourth-order valence-electron chi connectivity index (χ4n) is 2.38. The van der Waals surface area contributed by atoms with Crippen LogP contribution < -0.4 is 10.6 Å². The normalized spacial score (nSPS) is 17.4. The maximum Gasteiger partial charge on any atom is 0.130 e. The largest absolute Gasteiger partial charge is 0.398 e. The van der Waals surface area contributed by atoms with Gasteiger partial charge in [-0.2, -0.15) is 0 Å². The van der Waals surface area contributed by atoms with Gasteiger partial charge in [0.2, 0.25) is 0 Å². The minimum atomic E-state index is 0.642. The van der Waals surface area contributed by atoms with Gasteiger partial charge >= 0.3 is 0 Å². The Morgan fingerprint density at radius 2 is 2.00 bits per heavy atom. The van der Waals surface area contributed by atoms with Crippen molar-refractivity contribution in [2.45, 2.75) is 45.1 Å². The van der Waals surface area contributed by atoms with Crippen LogP contribution >= 0.6 is 0 Å². The Morgan fingerprint density at radius 3 is 2.62 bits per heavy atom. The average molecular weight is 219 g/mol. The number of nitrogens with two attached hydrogens (primary N) is 1. The molecule has 0 saturated heterocycles. The average Bonchev–Trinajstić information content (AvgIpc) is 2.33.